The fourth-order valence-corrected chi connectivity index (χ4v) is 5.00. The summed E-state index contributed by atoms with van der Waals surface area (Å²) < 4.78 is 6.89. The van der Waals surface area contributed by atoms with E-state index in [0.717, 1.165) is 44.2 Å². The van der Waals surface area contributed by atoms with Gasteiger partial charge in [-0.3, -0.25) is 4.90 Å². The Kier molecular flexibility index (Phi) is 5.60. The minimum absolute atomic E-state index is 0.518. The first-order valence-corrected chi connectivity index (χ1v) is 10.6. The van der Waals surface area contributed by atoms with Crippen LogP contribution >= 0.6 is 11.3 Å². The number of methoxy groups -OCH3 is 1. The molecule has 4 rings (SSSR count). The van der Waals surface area contributed by atoms with Gasteiger partial charge in [-0.2, -0.15) is 0 Å². The van der Waals surface area contributed by atoms with Crippen molar-refractivity contribution in [2.45, 2.75) is 25.8 Å². The number of aromatic nitrogens is 1. The molecule has 3 heterocycles. The molecule has 0 amide bonds. The van der Waals surface area contributed by atoms with Gasteiger partial charge in [-0.1, -0.05) is 18.2 Å². The highest BCUT2D eigenvalue weighted by atomic mass is 32.1. The molecule has 0 N–H and O–H groups in total. The lowest BCUT2D eigenvalue weighted by atomic mass is 10.1. The van der Waals surface area contributed by atoms with Crippen LogP contribution in [0.15, 0.2) is 48.0 Å². The van der Waals surface area contributed by atoms with E-state index in [-0.39, 0.29) is 0 Å². The van der Waals surface area contributed by atoms with E-state index in [0.29, 0.717) is 6.04 Å². The van der Waals surface area contributed by atoms with E-state index in [4.69, 9.17) is 4.74 Å². The van der Waals surface area contributed by atoms with Crippen molar-refractivity contribution in [3.8, 4) is 5.75 Å². The maximum atomic E-state index is 5.49. The highest BCUT2D eigenvalue weighted by Gasteiger charge is 2.25. The Labute approximate surface area is 165 Å². The van der Waals surface area contributed by atoms with Crippen LogP contribution in [-0.4, -0.2) is 49.2 Å². The SMILES string of the molecule is COc1cccnc1N1CCN(CCCc2csc3ccccc23)C(C)C1. The molecule has 1 unspecified atom stereocenters. The second-order valence-electron chi connectivity index (χ2n) is 7.22. The normalized spacial score (nSPS) is 18.1. The molecule has 1 aromatic carbocycles. The molecule has 0 bridgehead atoms. The van der Waals surface area contributed by atoms with Gasteiger partial charge in [0.2, 0.25) is 0 Å². The third-order valence-corrected chi connectivity index (χ3v) is 6.50. The second kappa shape index (κ2) is 8.28. The van der Waals surface area contributed by atoms with Crippen LogP contribution in [0, 0.1) is 0 Å². The maximum absolute atomic E-state index is 5.49. The van der Waals surface area contributed by atoms with Gasteiger partial charge in [0, 0.05) is 36.6 Å². The first kappa shape index (κ1) is 18.3. The molecule has 5 heteroatoms. The standard InChI is InChI=1S/C22H27N3OS/c1-17-15-25(22-20(26-2)9-5-11-23-22)14-13-24(17)12-6-7-18-16-27-21-10-4-3-8-19(18)21/h3-5,8-11,16-17H,6-7,12-15H2,1-2H3. The largest absolute Gasteiger partial charge is 0.493 e. The van der Waals surface area contributed by atoms with Crippen molar-refractivity contribution in [1.82, 2.24) is 9.88 Å². The molecule has 1 aliphatic rings. The van der Waals surface area contributed by atoms with Crippen molar-refractivity contribution in [2.75, 3.05) is 38.2 Å². The van der Waals surface area contributed by atoms with Crippen molar-refractivity contribution in [1.29, 1.82) is 0 Å². The summed E-state index contributed by atoms with van der Waals surface area (Å²) in [7, 11) is 1.72. The fourth-order valence-electron chi connectivity index (χ4n) is 4.00. The smallest absolute Gasteiger partial charge is 0.171 e. The van der Waals surface area contributed by atoms with Gasteiger partial charge in [-0.05, 0) is 60.8 Å². The van der Waals surface area contributed by atoms with E-state index in [1.165, 1.54) is 22.1 Å². The molecule has 142 valence electrons. The van der Waals surface area contributed by atoms with E-state index >= 15 is 0 Å². The highest BCUT2D eigenvalue weighted by molar-refractivity contribution is 7.17. The summed E-state index contributed by atoms with van der Waals surface area (Å²) in [6.07, 6.45) is 4.21. The first-order chi connectivity index (χ1) is 13.3. The molecule has 27 heavy (non-hydrogen) atoms. The minimum Gasteiger partial charge on any atom is -0.493 e. The van der Waals surface area contributed by atoms with Crippen LogP contribution in [0.1, 0.15) is 18.9 Å². The Morgan fingerprint density at radius 1 is 1.19 bits per heavy atom. The lowest BCUT2D eigenvalue weighted by Crippen LogP contribution is -2.52. The quantitative estimate of drug-likeness (QED) is 0.631. The topological polar surface area (TPSA) is 28.6 Å². The number of benzene rings is 1. The Morgan fingerprint density at radius 3 is 2.93 bits per heavy atom. The summed E-state index contributed by atoms with van der Waals surface area (Å²) in [5.74, 6) is 1.83. The van der Waals surface area contributed by atoms with Crippen LogP contribution in [-0.2, 0) is 6.42 Å². The number of rotatable bonds is 6. The average Bonchev–Trinajstić information content (AvgIpc) is 3.12. The van der Waals surface area contributed by atoms with Gasteiger partial charge < -0.3 is 9.64 Å². The zero-order valence-electron chi connectivity index (χ0n) is 16.1. The predicted molar refractivity (Wildman–Crippen MR) is 114 cm³/mol. The molecule has 1 aliphatic heterocycles. The lowest BCUT2D eigenvalue weighted by molar-refractivity contribution is 0.186. The highest BCUT2D eigenvalue weighted by Crippen LogP contribution is 2.28. The van der Waals surface area contributed by atoms with Crippen molar-refractivity contribution in [3.63, 3.8) is 0 Å². The van der Waals surface area contributed by atoms with Crippen LogP contribution in [0.25, 0.3) is 10.1 Å². The van der Waals surface area contributed by atoms with Crippen LogP contribution in [0.2, 0.25) is 0 Å². The summed E-state index contributed by atoms with van der Waals surface area (Å²) in [5.41, 5.74) is 1.50. The van der Waals surface area contributed by atoms with Gasteiger partial charge in [-0.25, -0.2) is 4.98 Å². The molecular weight excluding hydrogens is 354 g/mol. The molecule has 0 saturated carbocycles. The number of ether oxygens (including phenoxy) is 1. The number of anilines is 1. The molecular formula is C22H27N3OS. The van der Waals surface area contributed by atoms with Crippen LogP contribution in [0.3, 0.4) is 0 Å². The zero-order valence-corrected chi connectivity index (χ0v) is 16.9. The van der Waals surface area contributed by atoms with Crippen molar-refractivity contribution >= 4 is 27.2 Å². The Morgan fingerprint density at radius 2 is 2.07 bits per heavy atom. The molecule has 1 saturated heterocycles. The lowest BCUT2D eigenvalue weighted by Gasteiger charge is -2.40. The molecule has 2 aromatic heterocycles. The van der Waals surface area contributed by atoms with Gasteiger partial charge in [0.05, 0.1) is 7.11 Å². The zero-order chi connectivity index (χ0) is 18.6. The monoisotopic (exact) mass is 381 g/mol. The van der Waals surface area contributed by atoms with Crippen LogP contribution in [0.5, 0.6) is 5.75 Å². The third kappa shape index (κ3) is 3.94. The predicted octanol–water partition coefficient (Wildman–Crippen LogP) is 4.45. The number of pyridine rings is 1. The van der Waals surface area contributed by atoms with E-state index in [1.807, 2.05) is 29.7 Å². The van der Waals surface area contributed by atoms with Crippen molar-refractivity contribution < 1.29 is 4.74 Å². The summed E-state index contributed by atoms with van der Waals surface area (Å²) in [6.45, 7) is 6.54. The molecule has 0 radical (unpaired) electrons. The summed E-state index contributed by atoms with van der Waals surface area (Å²) >= 11 is 1.86. The molecule has 0 spiro atoms. The molecule has 3 aromatic rings. The third-order valence-electron chi connectivity index (χ3n) is 5.49. The van der Waals surface area contributed by atoms with Gasteiger partial charge in [-0.15, -0.1) is 11.3 Å². The fraction of sp³-hybridized carbons (Fsp3) is 0.409. The van der Waals surface area contributed by atoms with Crippen LogP contribution in [0.4, 0.5) is 5.82 Å². The average molecular weight is 382 g/mol. The number of nitrogens with zero attached hydrogens (tertiary/aromatic N) is 3. The van der Waals surface area contributed by atoms with E-state index < -0.39 is 0 Å². The van der Waals surface area contributed by atoms with E-state index in [2.05, 4.69) is 51.4 Å². The molecule has 0 aliphatic carbocycles. The van der Waals surface area contributed by atoms with E-state index in [1.54, 1.807) is 7.11 Å². The Balaban J connectivity index is 1.32. The number of thiophene rings is 1. The van der Waals surface area contributed by atoms with Crippen molar-refractivity contribution in [3.05, 3.63) is 53.5 Å². The molecule has 1 atom stereocenters. The Hall–Kier alpha value is -2.11. The number of fused-ring (bicyclic) bond motifs is 1. The number of hydrogen-bond donors (Lipinski definition) is 0. The first-order valence-electron chi connectivity index (χ1n) is 9.69. The summed E-state index contributed by atoms with van der Waals surface area (Å²) in [5, 5.41) is 3.77. The van der Waals surface area contributed by atoms with Gasteiger partial charge in [0.15, 0.2) is 11.6 Å². The van der Waals surface area contributed by atoms with Gasteiger partial charge in [0.25, 0.3) is 0 Å². The van der Waals surface area contributed by atoms with Crippen molar-refractivity contribution in [2.24, 2.45) is 0 Å². The van der Waals surface area contributed by atoms with E-state index in [9.17, 15) is 0 Å². The van der Waals surface area contributed by atoms with Gasteiger partial charge >= 0.3 is 0 Å². The molecule has 1 fully saturated rings. The Bertz CT molecular complexity index is 894. The summed E-state index contributed by atoms with van der Waals surface area (Å²) in [4.78, 5) is 9.51. The molecule has 4 nitrogen and oxygen atoms in total. The second-order valence-corrected chi connectivity index (χ2v) is 8.13. The number of aryl methyl sites for hydroxylation is 1. The maximum Gasteiger partial charge on any atom is 0.171 e. The van der Waals surface area contributed by atoms with Gasteiger partial charge in [0.1, 0.15) is 0 Å². The number of piperazine rings is 1. The summed E-state index contributed by atoms with van der Waals surface area (Å²) in [6, 6.07) is 13.2. The van der Waals surface area contributed by atoms with Crippen LogP contribution < -0.4 is 9.64 Å². The minimum atomic E-state index is 0.518. The number of hydrogen-bond acceptors (Lipinski definition) is 5.